The average Bonchev–Trinajstić information content (AvgIpc) is 2.77. The zero-order valence-corrected chi connectivity index (χ0v) is 12.7. The van der Waals surface area contributed by atoms with Crippen LogP contribution in [-0.4, -0.2) is 35.8 Å². The molecule has 0 atom stereocenters. The van der Waals surface area contributed by atoms with E-state index in [4.69, 9.17) is 9.47 Å². The van der Waals surface area contributed by atoms with Crippen LogP contribution in [0.2, 0.25) is 0 Å². The van der Waals surface area contributed by atoms with Crippen molar-refractivity contribution in [2.45, 2.75) is 34.1 Å². The molecule has 1 N–H and O–H groups in total. The van der Waals surface area contributed by atoms with Crippen molar-refractivity contribution in [3.63, 3.8) is 0 Å². The Morgan fingerprint density at radius 3 is 2.24 bits per heavy atom. The van der Waals surface area contributed by atoms with E-state index < -0.39 is 12.1 Å². The molecule has 1 heterocycles. The highest BCUT2D eigenvalue weighted by atomic mass is 16.5. The molecule has 0 aliphatic rings. The number of carbonyl (C=O) groups is 3. The lowest BCUT2D eigenvalue weighted by Crippen LogP contribution is -2.16. The lowest BCUT2D eigenvalue weighted by molar-refractivity contribution is -0.114. The highest BCUT2D eigenvalue weighted by molar-refractivity contribution is 6.02. The van der Waals surface area contributed by atoms with E-state index in [0.717, 1.165) is 0 Å². The maximum atomic E-state index is 12.0. The lowest BCUT2D eigenvalue weighted by Gasteiger charge is -2.09. The smallest absolute Gasteiger partial charge is 0.418 e. The summed E-state index contributed by atoms with van der Waals surface area (Å²) in [4.78, 5) is 35.2. The molecular formula is C14H20N2O5. The minimum absolute atomic E-state index is 0.136. The third-order valence-electron chi connectivity index (χ3n) is 2.70. The number of nitrogens with one attached hydrogen (secondary N) is 1. The summed E-state index contributed by atoms with van der Waals surface area (Å²) in [7, 11) is 0. The SMILES string of the molecule is CCOC(=O)c1cn(C(=O)OCC)c(CC)c1NC(C)=O. The molecule has 1 aromatic rings. The topological polar surface area (TPSA) is 86.6 Å². The van der Waals surface area contributed by atoms with E-state index in [-0.39, 0.29) is 30.4 Å². The Morgan fingerprint density at radius 2 is 1.76 bits per heavy atom. The van der Waals surface area contributed by atoms with Gasteiger partial charge in [0.05, 0.1) is 24.6 Å². The van der Waals surface area contributed by atoms with Crippen LogP contribution in [-0.2, 0) is 20.7 Å². The molecular weight excluding hydrogens is 276 g/mol. The Kier molecular flexibility index (Phi) is 5.95. The molecule has 0 aliphatic heterocycles. The molecule has 116 valence electrons. The van der Waals surface area contributed by atoms with Crippen LogP contribution in [0.15, 0.2) is 6.20 Å². The van der Waals surface area contributed by atoms with Gasteiger partial charge in [0.1, 0.15) is 5.56 Å². The van der Waals surface area contributed by atoms with Crippen molar-refractivity contribution < 1.29 is 23.9 Å². The quantitative estimate of drug-likeness (QED) is 0.842. The van der Waals surface area contributed by atoms with Crippen LogP contribution in [0, 0.1) is 0 Å². The monoisotopic (exact) mass is 296 g/mol. The molecule has 1 aromatic heterocycles. The van der Waals surface area contributed by atoms with Crippen molar-refractivity contribution in [1.82, 2.24) is 4.57 Å². The number of amides is 1. The van der Waals surface area contributed by atoms with Gasteiger partial charge in [0.25, 0.3) is 0 Å². The molecule has 0 bridgehead atoms. The van der Waals surface area contributed by atoms with Gasteiger partial charge in [-0.3, -0.25) is 9.36 Å². The predicted molar refractivity (Wildman–Crippen MR) is 76.5 cm³/mol. The van der Waals surface area contributed by atoms with Crippen molar-refractivity contribution in [3.8, 4) is 0 Å². The molecule has 7 heteroatoms. The first-order chi connectivity index (χ1) is 9.96. The fourth-order valence-corrected chi connectivity index (χ4v) is 1.93. The molecule has 0 spiro atoms. The maximum Gasteiger partial charge on any atom is 0.418 e. The minimum atomic E-state index is -0.600. The molecule has 21 heavy (non-hydrogen) atoms. The van der Waals surface area contributed by atoms with E-state index in [9.17, 15) is 14.4 Å². The molecule has 7 nitrogen and oxygen atoms in total. The van der Waals surface area contributed by atoms with E-state index in [0.29, 0.717) is 12.1 Å². The maximum absolute atomic E-state index is 12.0. The van der Waals surface area contributed by atoms with Gasteiger partial charge in [-0.05, 0) is 20.3 Å². The molecule has 0 saturated heterocycles. The van der Waals surface area contributed by atoms with Crippen LogP contribution < -0.4 is 5.32 Å². The van der Waals surface area contributed by atoms with Crippen molar-refractivity contribution in [2.75, 3.05) is 18.5 Å². The van der Waals surface area contributed by atoms with Gasteiger partial charge in [-0.2, -0.15) is 0 Å². The van der Waals surface area contributed by atoms with E-state index >= 15 is 0 Å². The fraction of sp³-hybridized carbons (Fsp3) is 0.500. The summed E-state index contributed by atoms with van der Waals surface area (Å²) in [5.74, 6) is -0.934. The van der Waals surface area contributed by atoms with Crippen molar-refractivity contribution >= 4 is 23.7 Å². The number of carbonyl (C=O) groups excluding carboxylic acids is 3. The Balaban J connectivity index is 3.36. The minimum Gasteiger partial charge on any atom is -0.462 e. The Labute approximate surface area is 123 Å². The second kappa shape index (κ2) is 7.47. The molecule has 0 unspecified atom stereocenters. The summed E-state index contributed by atoms with van der Waals surface area (Å²) in [6.45, 7) is 6.92. The van der Waals surface area contributed by atoms with E-state index in [1.54, 1.807) is 13.8 Å². The van der Waals surface area contributed by atoms with Crippen LogP contribution in [0.3, 0.4) is 0 Å². The van der Waals surface area contributed by atoms with Gasteiger partial charge in [-0.1, -0.05) is 6.92 Å². The number of hydrogen-bond donors (Lipinski definition) is 1. The number of aromatic nitrogens is 1. The Morgan fingerprint density at radius 1 is 1.14 bits per heavy atom. The Hall–Kier alpha value is -2.31. The summed E-state index contributed by atoms with van der Waals surface area (Å²) < 4.78 is 11.1. The van der Waals surface area contributed by atoms with Crippen LogP contribution in [0.25, 0.3) is 0 Å². The van der Waals surface area contributed by atoms with Gasteiger partial charge in [0.15, 0.2) is 0 Å². The van der Waals surface area contributed by atoms with E-state index in [1.165, 1.54) is 17.7 Å². The van der Waals surface area contributed by atoms with Gasteiger partial charge in [-0.15, -0.1) is 0 Å². The summed E-state index contributed by atoms with van der Waals surface area (Å²) >= 11 is 0. The van der Waals surface area contributed by atoms with Gasteiger partial charge in [0.2, 0.25) is 5.91 Å². The summed E-state index contributed by atoms with van der Waals surface area (Å²) in [5.41, 5.74) is 0.917. The van der Waals surface area contributed by atoms with E-state index in [2.05, 4.69) is 5.32 Å². The van der Waals surface area contributed by atoms with Crippen molar-refractivity contribution in [2.24, 2.45) is 0 Å². The molecule has 0 fully saturated rings. The second-order valence-electron chi connectivity index (χ2n) is 4.19. The fourth-order valence-electron chi connectivity index (χ4n) is 1.93. The van der Waals surface area contributed by atoms with Crippen molar-refractivity contribution in [3.05, 3.63) is 17.5 Å². The van der Waals surface area contributed by atoms with Crippen LogP contribution >= 0.6 is 0 Å². The summed E-state index contributed by atoms with van der Waals surface area (Å²) in [6.07, 6.45) is 1.17. The van der Waals surface area contributed by atoms with Gasteiger partial charge in [-0.25, -0.2) is 9.59 Å². The largest absolute Gasteiger partial charge is 0.462 e. The van der Waals surface area contributed by atoms with Crippen LogP contribution in [0.4, 0.5) is 10.5 Å². The highest BCUT2D eigenvalue weighted by Crippen LogP contribution is 2.26. The summed E-state index contributed by atoms with van der Waals surface area (Å²) in [6, 6.07) is 0. The average molecular weight is 296 g/mol. The van der Waals surface area contributed by atoms with Crippen molar-refractivity contribution in [1.29, 1.82) is 0 Å². The molecule has 0 aromatic carbocycles. The van der Waals surface area contributed by atoms with Gasteiger partial charge >= 0.3 is 12.1 Å². The number of ether oxygens (including phenoxy) is 2. The highest BCUT2D eigenvalue weighted by Gasteiger charge is 2.24. The molecule has 0 radical (unpaired) electrons. The van der Waals surface area contributed by atoms with Crippen LogP contribution in [0.1, 0.15) is 43.7 Å². The number of esters is 1. The first-order valence-electron chi connectivity index (χ1n) is 6.82. The third kappa shape index (κ3) is 3.84. The number of hydrogen-bond acceptors (Lipinski definition) is 5. The zero-order valence-electron chi connectivity index (χ0n) is 12.7. The van der Waals surface area contributed by atoms with Gasteiger partial charge < -0.3 is 14.8 Å². The Bertz CT molecular complexity index is 548. The standard InChI is InChI=1S/C14H20N2O5/c1-5-11-12(15-9(4)17)10(13(18)20-6-2)8-16(11)14(19)21-7-3/h8H,5-7H2,1-4H3,(H,15,17). The predicted octanol–water partition coefficient (Wildman–Crippen LogP) is 2.19. The first kappa shape index (κ1) is 16.7. The van der Waals surface area contributed by atoms with E-state index in [1.807, 2.05) is 6.92 Å². The number of rotatable bonds is 5. The lowest BCUT2D eigenvalue weighted by atomic mass is 10.2. The number of nitrogens with zero attached hydrogens (tertiary/aromatic N) is 1. The first-order valence-corrected chi connectivity index (χ1v) is 6.82. The molecule has 0 aliphatic carbocycles. The number of anilines is 1. The normalized spacial score (nSPS) is 10.1. The van der Waals surface area contributed by atoms with Crippen LogP contribution in [0.5, 0.6) is 0 Å². The van der Waals surface area contributed by atoms with Gasteiger partial charge in [0, 0.05) is 13.1 Å². The zero-order chi connectivity index (χ0) is 16.0. The molecule has 0 saturated carbocycles. The summed E-state index contributed by atoms with van der Waals surface area (Å²) in [5, 5.41) is 2.58. The molecule has 1 rings (SSSR count). The molecule has 1 amide bonds. The third-order valence-corrected chi connectivity index (χ3v) is 2.70. The second-order valence-corrected chi connectivity index (χ2v) is 4.19.